The van der Waals surface area contributed by atoms with Crippen LogP contribution in [0, 0.1) is 5.92 Å². The molecular formula is C27H35NO5S. The number of allylic oxidation sites excluding steroid dienone is 2. The molecule has 0 amide bonds. The van der Waals surface area contributed by atoms with Crippen molar-refractivity contribution in [2.75, 3.05) is 26.3 Å². The second-order valence-corrected chi connectivity index (χ2v) is 10.2. The number of ether oxygens (including phenoxy) is 2. The lowest BCUT2D eigenvalue weighted by atomic mass is 9.94. The van der Waals surface area contributed by atoms with Gasteiger partial charge in [-0.25, -0.2) is 0 Å². The van der Waals surface area contributed by atoms with Crippen molar-refractivity contribution in [1.82, 2.24) is 4.90 Å². The van der Waals surface area contributed by atoms with E-state index in [1.165, 1.54) is 15.3 Å². The van der Waals surface area contributed by atoms with Crippen molar-refractivity contribution in [1.29, 1.82) is 0 Å². The molecule has 4 atom stereocenters. The second-order valence-electron chi connectivity index (χ2n) is 9.08. The highest BCUT2D eigenvalue weighted by atomic mass is 32.1. The van der Waals surface area contributed by atoms with Gasteiger partial charge < -0.3 is 19.7 Å². The summed E-state index contributed by atoms with van der Waals surface area (Å²) in [7, 11) is 0. The normalized spacial score (nSPS) is 25.8. The Bertz CT molecular complexity index is 924. The summed E-state index contributed by atoms with van der Waals surface area (Å²) >= 11 is 1.75. The molecule has 34 heavy (non-hydrogen) atoms. The van der Waals surface area contributed by atoms with Crippen molar-refractivity contribution in [2.24, 2.45) is 5.92 Å². The zero-order chi connectivity index (χ0) is 23.8. The maximum absolute atomic E-state index is 11.0. The molecule has 1 saturated carbocycles. The van der Waals surface area contributed by atoms with Crippen LogP contribution in [0.4, 0.5) is 0 Å². The maximum atomic E-state index is 11.0. The molecule has 2 aromatic rings. The average Bonchev–Trinajstić information content (AvgIpc) is 3.45. The van der Waals surface area contributed by atoms with E-state index in [9.17, 15) is 9.90 Å². The van der Waals surface area contributed by atoms with Crippen LogP contribution in [0.15, 0.2) is 54.6 Å². The first-order chi connectivity index (χ1) is 16.6. The minimum atomic E-state index is -0.753. The zero-order valence-corrected chi connectivity index (χ0v) is 20.4. The lowest BCUT2D eigenvalue weighted by Crippen LogP contribution is -2.50. The quantitative estimate of drug-likeness (QED) is 0.358. The van der Waals surface area contributed by atoms with Crippen molar-refractivity contribution in [3.05, 3.63) is 59.5 Å². The van der Waals surface area contributed by atoms with E-state index in [4.69, 9.17) is 14.6 Å². The third-order valence-electron chi connectivity index (χ3n) is 6.75. The minimum Gasteiger partial charge on any atom is -0.481 e. The third-order valence-corrected chi connectivity index (χ3v) is 7.86. The summed E-state index contributed by atoms with van der Waals surface area (Å²) in [6.07, 6.45) is 6.83. The standard InChI is InChI=1S/C27H35NO5S/c29-23-18-24(33-19-21-12-13-25(34-21)20-8-4-3-5-9-20)22(10-6-1-2-7-11-26(30)31)27(23)28-14-16-32-17-15-28/h1,3-6,8-9,12-13,22-24,27,29H,2,7,10-11,14-19H2,(H,30,31)/t22-,23+,24-,27+/m0/s1. The third kappa shape index (κ3) is 6.77. The molecule has 7 heteroatoms. The molecule has 0 radical (unpaired) electrons. The van der Waals surface area contributed by atoms with Crippen molar-refractivity contribution in [3.63, 3.8) is 0 Å². The molecule has 4 rings (SSSR count). The Balaban J connectivity index is 1.39. The summed E-state index contributed by atoms with van der Waals surface area (Å²) in [5, 5.41) is 19.8. The summed E-state index contributed by atoms with van der Waals surface area (Å²) in [5.74, 6) is -0.561. The van der Waals surface area contributed by atoms with Gasteiger partial charge in [-0.05, 0) is 37.0 Å². The van der Waals surface area contributed by atoms with Crippen molar-refractivity contribution >= 4 is 17.3 Å². The summed E-state index contributed by atoms with van der Waals surface area (Å²) in [6, 6.07) is 14.7. The van der Waals surface area contributed by atoms with Crippen LogP contribution in [-0.2, 0) is 20.9 Å². The van der Waals surface area contributed by atoms with Gasteiger partial charge in [0.05, 0.1) is 32.0 Å². The highest BCUT2D eigenvalue weighted by Crippen LogP contribution is 2.37. The Morgan fingerprint density at radius 1 is 1.15 bits per heavy atom. The first kappa shape index (κ1) is 25.1. The Kier molecular flexibility index (Phi) is 9.30. The fourth-order valence-electron chi connectivity index (χ4n) is 5.07. The minimum absolute atomic E-state index is 0.0196. The molecule has 1 saturated heterocycles. The molecule has 0 unspecified atom stereocenters. The number of carboxylic acid groups (broad SMARTS) is 1. The molecule has 1 aliphatic carbocycles. The number of carbonyl (C=O) groups is 1. The van der Waals surface area contributed by atoms with Crippen molar-refractivity contribution in [2.45, 2.75) is 57.0 Å². The number of aliphatic hydroxyl groups is 1. The first-order valence-electron chi connectivity index (χ1n) is 12.2. The number of unbranched alkanes of at least 4 members (excludes halogenated alkanes) is 1. The van der Waals surface area contributed by atoms with E-state index in [0.29, 0.717) is 32.7 Å². The van der Waals surface area contributed by atoms with Crippen molar-refractivity contribution < 1.29 is 24.5 Å². The van der Waals surface area contributed by atoms with Gasteiger partial charge in [0.1, 0.15) is 0 Å². The van der Waals surface area contributed by atoms with Crippen molar-refractivity contribution in [3.8, 4) is 10.4 Å². The molecule has 184 valence electrons. The van der Waals surface area contributed by atoms with E-state index < -0.39 is 12.1 Å². The molecule has 2 aliphatic rings. The highest BCUT2D eigenvalue weighted by Gasteiger charge is 2.45. The molecule has 1 aliphatic heterocycles. The molecular weight excluding hydrogens is 450 g/mol. The second kappa shape index (κ2) is 12.6. The van der Waals surface area contributed by atoms with Gasteiger partial charge in [-0.2, -0.15) is 0 Å². The average molecular weight is 486 g/mol. The first-order valence-corrected chi connectivity index (χ1v) is 13.1. The molecule has 1 aromatic carbocycles. The van der Waals surface area contributed by atoms with Crippen LogP contribution >= 0.6 is 11.3 Å². The Hall–Kier alpha value is -2.03. The van der Waals surface area contributed by atoms with E-state index in [2.05, 4.69) is 53.5 Å². The molecule has 2 fully saturated rings. The zero-order valence-electron chi connectivity index (χ0n) is 19.6. The number of nitrogens with zero attached hydrogens (tertiary/aromatic N) is 1. The van der Waals surface area contributed by atoms with Crippen LogP contribution < -0.4 is 0 Å². The highest BCUT2D eigenvalue weighted by molar-refractivity contribution is 7.15. The lowest BCUT2D eigenvalue weighted by molar-refractivity contribution is -0.137. The molecule has 1 aromatic heterocycles. The van der Waals surface area contributed by atoms with Gasteiger partial charge in [0.2, 0.25) is 0 Å². The van der Waals surface area contributed by atoms with Crippen LogP contribution in [-0.4, -0.2) is 65.6 Å². The van der Waals surface area contributed by atoms with Gasteiger partial charge >= 0.3 is 5.97 Å². The summed E-state index contributed by atoms with van der Waals surface area (Å²) in [5.41, 5.74) is 1.22. The number of hydrogen-bond acceptors (Lipinski definition) is 6. The van der Waals surface area contributed by atoms with E-state index in [0.717, 1.165) is 25.9 Å². The Morgan fingerprint density at radius 3 is 2.71 bits per heavy atom. The molecule has 6 nitrogen and oxygen atoms in total. The van der Waals surface area contributed by atoms with E-state index in [-0.39, 0.29) is 24.5 Å². The van der Waals surface area contributed by atoms with Crippen LogP contribution in [0.2, 0.25) is 0 Å². The number of morpholine rings is 1. The van der Waals surface area contributed by atoms with E-state index in [1.54, 1.807) is 11.3 Å². The van der Waals surface area contributed by atoms with Gasteiger partial charge in [-0.3, -0.25) is 9.69 Å². The lowest BCUT2D eigenvalue weighted by Gasteiger charge is -2.37. The maximum Gasteiger partial charge on any atom is 0.303 e. The molecule has 0 bridgehead atoms. The molecule has 2 N–H and O–H groups in total. The van der Waals surface area contributed by atoms with E-state index >= 15 is 0 Å². The van der Waals surface area contributed by atoms with Gasteiger partial charge in [0.15, 0.2) is 0 Å². The van der Waals surface area contributed by atoms with Gasteiger partial charge in [0, 0.05) is 47.6 Å². The topological polar surface area (TPSA) is 79.2 Å². The number of aliphatic hydroxyl groups excluding tert-OH is 1. The summed E-state index contributed by atoms with van der Waals surface area (Å²) in [4.78, 5) is 15.5. The number of carboxylic acids is 1. The number of thiophene rings is 1. The van der Waals surface area contributed by atoms with Gasteiger partial charge in [-0.15, -0.1) is 11.3 Å². The Labute approximate surface area is 205 Å². The van der Waals surface area contributed by atoms with Gasteiger partial charge in [-0.1, -0.05) is 42.5 Å². The summed E-state index contributed by atoms with van der Waals surface area (Å²) < 4.78 is 12.0. The monoisotopic (exact) mass is 485 g/mol. The number of hydrogen-bond donors (Lipinski definition) is 2. The van der Waals surface area contributed by atoms with Crippen LogP contribution in [0.3, 0.4) is 0 Å². The fraction of sp³-hybridized carbons (Fsp3) is 0.519. The molecule has 0 spiro atoms. The summed E-state index contributed by atoms with van der Waals surface area (Å²) in [6.45, 7) is 3.61. The number of rotatable bonds is 11. The smallest absolute Gasteiger partial charge is 0.303 e. The van der Waals surface area contributed by atoms with Crippen LogP contribution in [0.5, 0.6) is 0 Å². The fourth-order valence-corrected chi connectivity index (χ4v) is 6.01. The predicted molar refractivity (Wildman–Crippen MR) is 134 cm³/mol. The largest absolute Gasteiger partial charge is 0.481 e. The van der Waals surface area contributed by atoms with Crippen LogP contribution in [0.1, 0.15) is 37.0 Å². The number of benzene rings is 1. The predicted octanol–water partition coefficient (Wildman–Crippen LogP) is 4.58. The van der Waals surface area contributed by atoms with Crippen LogP contribution in [0.25, 0.3) is 10.4 Å². The molecule has 2 heterocycles. The Morgan fingerprint density at radius 2 is 1.94 bits per heavy atom. The number of aliphatic carboxylic acids is 1. The van der Waals surface area contributed by atoms with Gasteiger partial charge in [0.25, 0.3) is 0 Å². The SMILES string of the molecule is O=C(O)CCCC=CC[C@@H]1[C@@H](N2CCOCC2)[C@H](O)C[C@@H]1OCc1ccc(-c2ccccc2)s1. The van der Waals surface area contributed by atoms with E-state index in [1.807, 2.05) is 6.07 Å².